The summed E-state index contributed by atoms with van der Waals surface area (Å²) in [4.78, 5) is 9.99. The molecule has 0 bridgehead atoms. The van der Waals surface area contributed by atoms with Crippen LogP contribution in [0.15, 0.2) is 5.29 Å². The van der Waals surface area contributed by atoms with Crippen LogP contribution in [0.4, 0.5) is 0 Å². The molecule has 0 radical (unpaired) electrons. The molecule has 6 heteroatoms. The van der Waals surface area contributed by atoms with E-state index in [0.29, 0.717) is 6.54 Å². The van der Waals surface area contributed by atoms with Gasteiger partial charge in [0.1, 0.15) is 0 Å². The van der Waals surface area contributed by atoms with E-state index in [1.807, 2.05) is 27.7 Å². The maximum Gasteiger partial charge on any atom is 1.00 e. The molecule has 0 N–H and O–H groups in total. The van der Waals surface area contributed by atoms with Gasteiger partial charge in [-0.05, 0) is 27.2 Å². The van der Waals surface area contributed by atoms with E-state index in [1.165, 1.54) is 5.01 Å². The molecule has 0 saturated heterocycles. The van der Waals surface area contributed by atoms with Crippen molar-refractivity contribution in [1.82, 2.24) is 10.3 Å². The van der Waals surface area contributed by atoms with E-state index in [2.05, 4.69) is 5.29 Å². The van der Waals surface area contributed by atoms with Gasteiger partial charge in [0.25, 0.3) is 0 Å². The van der Waals surface area contributed by atoms with Gasteiger partial charge in [0.15, 0.2) is 0 Å². The number of rotatable bonds is 4. The number of hydrogen-bond donors (Lipinski definition) is 0. The first-order chi connectivity index (χ1) is 5.43. The summed E-state index contributed by atoms with van der Waals surface area (Å²) in [6.45, 7) is 8.06. The van der Waals surface area contributed by atoms with Crippen molar-refractivity contribution < 1.29 is 29.6 Å². The van der Waals surface area contributed by atoms with Crippen molar-refractivity contribution in [2.75, 3.05) is 6.54 Å². The van der Waals surface area contributed by atoms with Crippen LogP contribution in [0.2, 0.25) is 0 Å². The minimum absolute atomic E-state index is 0. The Morgan fingerprint density at radius 2 is 1.85 bits per heavy atom. The Morgan fingerprint density at radius 3 is 2.08 bits per heavy atom. The summed E-state index contributed by atoms with van der Waals surface area (Å²) < 4.78 is 0. The summed E-state index contributed by atoms with van der Waals surface area (Å²) in [5.41, 5.74) is -0.355. The smallest absolute Gasteiger partial charge is 0.724 e. The Bertz CT molecular complexity index is 149. The van der Waals surface area contributed by atoms with E-state index >= 15 is 0 Å². The molecule has 0 aliphatic heterocycles. The fraction of sp³-hybridized carbons (Fsp3) is 1.00. The monoisotopic (exact) mass is 197 g/mol. The minimum Gasteiger partial charge on any atom is -0.724 e. The van der Waals surface area contributed by atoms with Crippen molar-refractivity contribution in [1.29, 1.82) is 0 Å². The number of hydrogen-bond acceptors (Lipinski definition) is 4. The molecule has 0 fully saturated rings. The van der Waals surface area contributed by atoms with Gasteiger partial charge in [-0.25, -0.2) is 5.01 Å². The Kier molecular flexibility index (Phi) is 8.16. The molecule has 5 nitrogen and oxygen atoms in total. The maximum atomic E-state index is 10.9. The predicted octanol–water partition coefficient (Wildman–Crippen LogP) is -1.10. The third-order valence-corrected chi connectivity index (χ3v) is 1.49. The first-order valence-electron chi connectivity index (χ1n) is 4.01. The van der Waals surface area contributed by atoms with E-state index in [-0.39, 0.29) is 40.4 Å². The molecular formula is C7H16N3NaO2. The number of nitrogens with zero attached hydrogens (tertiary/aromatic N) is 3. The molecule has 0 amide bonds. The summed E-state index contributed by atoms with van der Waals surface area (Å²) >= 11 is 0. The summed E-state index contributed by atoms with van der Waals surface area (Å²) in [5.74, 6) is 0. The molecule has 0 spiro atoms. The minimum atomic E-state index is -0.355. The van der Waals surface area contributed by atoms with Gasteiger partial charge in [0.2, 0.25) is 0 Å². The topological polar surface area (TPSA) is 59.0 Å². The van der Waals surface area contributed by atoms with E-state index in [4.69, 9.17) is 0 Å². The maximum absolute atomic E-state index is 10.9. The van der Waals surface area contributed by atoms with Gasteiger partial charge >= 0.3 is 29.6 Å². The van der Waals surface area contributed by atoms with Crippen LogP contribution in [0, 0.1) is 10.1 Å². The predicted molar refractivity (Wildman–Crippen MR) is 47.8 cm³/mol. The second-order valence-electron chi connectivity index (χ2n) is 3.63. The van der Waals surface area contributed by atoms with Gasteiger partial charge in [0, 0.05) is 12.1 Å². The van der Waals surface area contributed by atoms with Crippen LogP contribution in [0.25, 0.3) is 0 Å². The molecule has 0 aromatic heterocycles. The Balaban J connectivity index is 0. The van der Waals surface area contributed by atoms with E-state index in [0.717, 1.165) is 6.42 Å². The SMILES string of the molecule is CCCN(N([O-])N=O)C(C)(C)C.[Na+]. The van der Waals surface area contributed by atoms with Crippen molar-refractivity contribution in [2.24, 2.45) is 5.29 Å². The molecular weight excluding hydrogens is 181 g/mol. The summed E-state index contributed by atoms with van der Waals surface area (Å²) in [6.07, 6.45) is 0.811. The van der Waals surface area contributed by atoms with Gasteiger partial charge in [-0.15, -0.1) is 4.91 Å². The van der Waals surface area contributed by atoms with Crippen LogP contribution in [-0.4, -0.2) is 22.4 Å². The van der Waals surface area contributed by atoms with Crippen molar-refractivity contribution in [3.05, 3.63) is 10.1 Å². The fourth-order valence-electron chi connectivity index (χ4n) is 0.933. The number of hydrazine groups is 1. The second kappa shape index (κ2) is 6.73. The molecule has 0 saturated carbocycles. The summed E-state index contributed by atoms with van der Waals surface area (Å²) in [5, 5.41) is 14.7. The molecule has 0 aromatic rings. The number of nitroso groups, excluding NO2 is 1. The first kappa shape index (κ1) is 15.8. The van der Waals surface area contributed by atoms with Crippen molar-refractivity contribution in [2.45, 2.75) is 39.7 Å². The van der Waals surface area contributed by atoms with Gasteiger partial charge in [-0.2, -0.15) is 0 Å². The zero-order valence-corrected chi connectivity index (χ0v) is 11.1. The third-order valence-electron chi connectivity index (χ3n) is 1.49. The van der Waals surface area contributed by atoms with Crippen LogP contribution in [0.5, 0.6) is 0 Å². The standard InChI is InChI=1S/C7H16N3O2.Na/c1-5-6-9(7(2,3)4)10(12)8-11;/h5-6H2,1-4H3;/q-1;+1. The van der Waals surface area contributed by atoms with Crippen LogP contribution in [0.1, 0.15) is 34.1 Å². The zero-order valence-electron chi connectivity index (χ0n) is 9.07. The molecule has 0 aliphatic carbocycles. The fourth-order valence-corrected chi connectivity index (χ4v) is 0.933. The molecule has 0 aliphatic rings. The summed E-state index contributed by atoms with van der Waals surface area (Å²) in [6, 6.07) is 0. The van der Waals surface area contributed by atoms with E-state index in [1.54, 1.807) is 0 Å². The quantitative estimate of drug-likeness (QED) is 0.326. The molecule has 13 heavy (non-hydrogen) atoms. The average Bonchev–Trinajstić information content (AvgIpc) is 1.96. The van der Waals surface area contributed by atoms with Gasteiger partial charge in [-0.1, -0.05) is 6.92 Å². The van der Waals surface area contributed by atoms with Crippen molar-refractivity contribution in [3.63, 3.8) is 0 Å². The van der Waals surface area contributed by atoms with Crippen LogP contribution < -0.4 is 29.6 Å². The second-order valence-corrected chi connectivity index (χ2v) is 3.63. The molecule has 0 atom stereocenters. The van der Waals surface area contributed by atoms with E-state index < -0.39 is 0 Å². The Hall–Kier alpha value is 0.320. The van der Waals surface area contributed by atoms with Crippen molar-refractivity contribution >= 4 is 0 Å². The zero-order chi connectivity index (χ0) is 9.78. The molecule has 0 rings (SSSR count). The van der Waals surface area contributed by atoms with Gasteiger partial charge in [-0.3, -0.25) is 5.28 Å². The Morgan fingerprint density at radius 1 is 1.38 bits per heavy atom. The van der Waals surface area contributed by atoms with Crippen LogP contribution in [-0.2, 0) is 0 Å². The van der Waals surface area contributed by atoms with Gasteiger partial charge < -0.3 is 5.21 Å². The molecule has 72 valence electrons. The molecule has 0 heterocycles. The van der Waals surface area contributed by atoms with Crippen LogP contribution in [0.3, 0.4) is 0 Å². The summed E-state index contributed by atoms with van der Waals surface area (Å²) in [7, 11) is 0. The van der Waals surface area contributed by atoms with Crippen molar-refractivity contribution in [3.8, 4) is 0 Å². The largest absolute Gasteiger partial charge is 1.00 e. The third kappa shape index (κ3) is 5.59. The molecule has 0 unspecified atom stereocenters. The van der Waals surface area contributed by atoms with E-state index in [9.17, 15) is 10.1 Å². The first-order valence-corrected chi connectivity index (χ1v) is 4.01. The van der Waals surface area contributed by atoms with Gasteiger partial charge in [0.05, 0.1) is 5.29 Å². The normalized spacial score (nSPS) is 10.9. The van der Waals surface area contributed by atoms with Crippen LogP contribution >= 0.6 is 0 Å². The average molecular weight is 197 g/mol. The Labute approximate surface area is 101 Å². The molecule has 0 aromatic carbocycles.